The highest BCUT2D eigenvalue weighted by atomic mass is 79.9. The maximum atomic E-state index is 12.1. The van der Waals surface area contributed by atoms with Gasteiger partial charge in [0.1, 0.15) is 0 Å². The molecule has 100 valence electrons. The molecule has 0 aliphatic heterocycles. The number of hydrogen-bond acceptors (Lipinski definition) is 3. The van der Waals surface area contributed by atoms with Crippen molar-refractivity contribution >= 4 is 26.0 Å². The fourth-order valence-electron chi connectivity index (χ4n) is 1.93. The predicted octanol–water partition coefficient (Wildman–Crippen LogP) is 2.21. The van der Waals surface area contributed by atoms with Crippen molar-refractivity contribution in [2.24, 2.45) is 0 Å². The summed E-state index contributed by atoms with van der Waals surface area (Å²) in [4.78, 5) is 0.309. The van der Waals surface area contributed by atoms with E-state index in [1.165, 1.54) is 0 Å². The molecule has 0 amide bonds. The first-order chi connectivity index (χ1) is 8.42. The van der Waals surface area contributed by atoms with E-state index in [0.29, 0.717) is 4.90 Å². The van der Waals surface area contributed by atoms with Crippen LogP contribution in [0.3, 0.4) is 0 Å². The molecule has 0 atom stereocenters. The van der Waals surface area contributed by atoms with E-state index in [4.69, 9.17) is 4.74 Å². The second-order valence-electron chi connectivity index (χ2n) is 4.56. The van der Waals surface area contributed by atoms with Crippen LogP contribution >= 0.6 is 15.9 Å². The molecule has 1 aromatic rings. The number of hydrogen-bond donors (Lipinski definition) is 1. The molecule has 1 N–H and O–H groups in total. The number of sulfonamides is 1. The Morgan fingerprint density at radius 1 is 1.39 bits per heavy atom. The molecule has 6 heteroatoms. The summed E-state index contributed by atoms with van der Waals surface area (Å²) in [7, 11) is -1.77. The Labute approximate surface area is 116 Å². The smallest absolute Gasteiger partial charge is 0.240 e. The molecule has 0 saturated heterocycles. The Hall–Kier alpha value is -0.430. The predicted molar refractivity (Wildman–Crippen MR) is 73.0 cm³/mol. The molecule has 0 heterocycles. The van der Waals surface area contributed by atoms with E-state index in [2.05, 4.69) is 20.7 Å². The molecule has 0 unspecified atom stereocenters. The first-order valence-electron chi connectivity index (χ1n) is 5.73. The fraction of sp³-hybridized carbons (Fsp3) is 0.500. The third kappa shape index (κ3) is 2.93. The normalized spacial score (nSPS) is 23.7. The summed E-state index contributed by atoms with van der Waals surface area (Å²) < 4.78 is 33.0. The van der Waals surface area contributed by atoms with Crippen molar-refractivity contribution in [2.75, 3.05) is 7.11 Å². The number of aryl methyl sites for hydroxylation is 1. The highest BCUT2D eigenvalue weighted by molar-refractivity contribution is 9.10. The highest BCUT2D eigenvalue weighted by Crippen LogP contribution is 2.25. The van der Waals surface area contributed by atoms with Crippen LogP contribution in [0.25, 0.3) is 0 Å². The molecule has 2 rings (SSSR count). The number of methoxy groups -OCH3 is 1. The maximum Gasteiger partial charge on any atom is 0.240 e. The van der Waals surface area contributed by atoms with E-state index in [9.17, 15) is 8.42 Å². The summed E-state index contributed by atoms with van der Waals surface area (Å²) in [5, 5.41) is 0. The van der Waals surface area contributed by atoms with Gasteiger partial charge in [0.05, 0.1) is 11.0 Å². The first-order valence-corrected chi connectivity index (χ1v) is 8.01. The number of halogens is 1. The summed E-state index contributed by atoms with van der Waals surface area (Å²) in [6.45, 7) is 1.87. The van der Waals surface area contributed by atoms with Crippen LogP contribution in [-0.4, -0.2) is 27.7 Å². The summed E-state index contributed by atoms with van der Waals surface area (Å²) in [6.07, 6.45) is 1.67. The lowest BCUT2D eigenvalue weighted by Crippen LogP contribution is -2.47. The molecular weight excluding hydrogens is 318 g/mol. The van der Waals surface area contributed by atoms with Gasteiger partial charge in [0.25, 0.3) is 0 Å². The van der Waals surface area contributed by atoms with E-state index in [0.717, 1.165) is 22.9 Å². The molecular formula is C12H16BrNO3S. The van der Waals surface area contributed by atoms with Gasteiger partial charge in [-0.05, 0) is 43.5 Å². The average molecular weight is 334 g/mol. The summed E-state index contributed by atoms with van der Waals surface area (Å²) in [5.74, 6) is 0. The Bertz CT molecular complexity index is 538. The quantitative estimate of drug-likeness (QED) is 0.919. The molecule has 1 fully saturated rings. The molecule has 1 aliphatic rings. The standard InChI is InChI=1S/C12H16BrNO3S/c1-8-5-11(3-4-12(8)13)18(15,16)14-9-6-10(7-9)17-2/h3-5,9-10,14H,6-7H2,1-2H3. The van der Waals surface area contributed by atoms with Crippen LogP contribution < -0.4 is 4.72 Å². The molecule has 18 heavy (non-hydrogen) atoms. The van der Waals surface area contributed by atoms with Gasteiger partial charge in [-0.3, -0.25) is 0 Å². The Morgan fingerprint density at radius 2 is 2.06 bits per heavy atom. The van der Waals surface area contributed by atoms with E-state index in [1.807, 2.05) is 6.92 Å². The van der Waals surface area contributed by atoms with Crippen LogP contribution in [0, 0.1) is 6.92 Å². The Kier molecular flexibility index (Phi) is 4.11. The van der Waals surface area contributed by atoms with Crippen molar-refractivity contribution in [3.05, 3.63) is 28.2 Å². The molecule has 0 aromatic heterocycles. The van der Waals surface area contributed by atoms with Crippen LogP contribution in [0.4, 0.5) is 0 Å². The zero-order chi connectivity index (χ0) is 13.3. The van der Waals surface area contributed by atoms with Crippen LogP contribution in [-0.2, 0) is 14.8 Å². The molecule has 1 aromatic carbocycles. The van der Waals surface area contributed by atoms with Crippen molar-refractivity contribution in [1.82, 2.24) is 4.72 Å². The molecule has 1 saturated carbocycles. The SMILES string of the molecule is COC1CC(NS(=O)(=O)c2ccc(Br)c(C)c2)C1. The van der Waals surface area contributed by atoms with Crippen LogP contribution in [0.1, 0.15) is 18.4 Å². The molecule has 4 nitrogen and oxygen atoms in total. The third-order valence-electron chi connectivity index (χ3n) is 3.19. The largest absolute Gasteiger partial charge is 0.381 e. The van der Waals surface area contributed by atoms with E-state index in [1.54, 1.807) is 25.3 Å². The Morgan fingerprint density at radius 3 is 2.61 bits per heavy atom. The van der Waals surface area contributed by atoms with Gasteiger partial charge in [0, 0.05) is 17.6 Å². The molecule has 0 spiro atoms. The van der Waals surface area contributed by atoms with Gasteiger partial charge in [-0.25, -0.2) is 13.1 Å². The van der Waals surface area contributed by atoms with Gasteiger partial charge in [-0.1, -0.05) is 15.9 Å². The summed E-state index contributed by atoms with van der Waals surface area (Å²) >= 11 is 3.36. The second kappa shape index (κ2) is 5.28. The highest BCUT2D eigenvalue weighted by Gasteiger charge is 2.32. The van der Waals surface area contributed by atoms with E-state index < -0.39 is 10.0 Å². The topological polar surface area (TPSA) is 55.4 Å². The van der Waals surface area contributed by atoms with E-state index >= 15 is 0 Å². The molecule has 0 bridgehead atoms. The van der Waals surface area contributed by atoms with Gasteiger partial charge in [-0.15, -0.1) is 0 Å². The van der Waals surface area contributed by atoms with Gasteiger partial charge in [-0.2, -0.15) is 0 Å². The lowest BCUT2D eigenvalue weighted by Gasteiger charge is -2.34. The number of nitrogens with one attached hydrogen (secondary N) is 1. The van der Waals surface area contributed by atoms with Crippen LogP contribution in [0.15, 0.2) is 27.6 Å². The maximum absolute atomic E-state index is 12.1. The molecule has 1 aliphatic carbocycles. The van der Waals surface area contributed by atoms with Crippen LogP contribution in [0.2, 0.25) is 0 Å². The van der Waals surface area contributed by atoms with Crippen molar-refractivity contribution < 1.29 is 13.2 Å². The lowest BCUT2D eigenvalue weighted by atomic mass is 9.90. The number of rotatable bonds is 4. The Balaban J connectivity index is 2.09. The van der Waals surface area contributed by atoms with Crippen molar-refractivity contribution in [3.63, 3.8) is 0 Å². The van der Waals surface area contributed by atoms with Gasteiger partial charge >= 0.3 is 0 Å². The minimum atomic E-state index is -3.42. The van der Waals surface area contributed by atoms with Gasteiger partial charge in [0.15, 0.2) is 0 Å². The minimum absolute atomic E-state index is 0.0103. The van der Waals surface area contributed by atoms with Gasteiger partial charge in [0.2, 0.25) is 10.0 Å². The summed E-state index contributed by atoms with van der Waals surface area (Å²) in [6, 6.07) is 5.01. The zero-order valence-electron chi connectivity index (χ0n) is 10.3. The van der Waals surface area contributed by atoms with Crippen molar-refractivity contribution in [2.45, 2.75) is 36.8 Å². The monoisotopic (exact) mass is 333 g/mol. The fourth-order valence-corrected chi connectivity index (χ4v) is 3.52. The summed E-state index contributed by atoms with van der Waals surface area (Å²) in [5.41, 5.74) is 0.904. The average Bonchev–Trinajstić information content (AvgIpc) is 2.26. The third-order valence-corrected chi connectivity index (χ3v) is 5.60. The second-order valence-corrected chi connectivity index (χ2v) is 7.13. The van der Waals surface area contributed by atoms with Gasteiger partial charge < -0.3 is 4.74 Å². The first kappa shape index (κ1) is 14.0. The van der Waals surface area contributed by atoms with Crippen LogP contribution in [0.5, 0.6) is 0 Å². The number of benzene rings is 1. The number of ether oxygens (including phenoxy) is 1. The van der Waals surface area contributed by atoms with E-state index in [-0.39, 0.29) is 12.1 Å². The minimum Gasteiger partial charge on any atom is -0.381 e. The van der Waals surface area contributed by atoms with Crippen molar-refractivity contribution in [1.29, 1.82) is 0 Å². The molecule has 0 radical (unpaired) electrons. The zero-order valence-corrected chi connectivity index (χ0v) is 12.7. The lowest BCUT2D eigenvalue weighted by molar-refractivity contribution is 0.0236. The van der Waals surface area contributed by atoms with Crippen molar-refractivity contribution in [3.8, 4) is 0 Å².